The van der Waals surface area contributed by atoms with Crippen LogP contribution in [0, 0.1) is 0 Å². The van der Waals surface area contributed by atoms with Gasteiger partial charge >= 0.3 is 0 Å². The zero-order valence-corrected chi connectivity index (χ0v) is 12.5. The molecule has 2 rings (SSSR count). The van der Waals surface area contributed by atoms with Crippen molar-refractivity contribution >= 4 is 35.0 Å². The van der Waals surface area contributed by atoms with E-state index in [1.807, 2.05) is 61.0 Å². The molecule has 0 aliphatic rings. The van der Waals surface area contributed by atoms with E-state index in [4.69, 9.17) is 0 Å². The van der Waals surface area contributed by atoms with Gasteiger partial charge in [0, 0.05) is 15.4 Å². The van der Waals surface area contributed by atoms with Crippen LogP contribution in [0.4, 0.5) is 0 Å². The van der Waals surface area contributed by atoms with Crippen LogP contribution in [0.15, 0.2) is 58.3 Å². The first kappa shape index (κ1) is 14.0. The molecule has 0 bridgehead atoms. The van der Waals surface area contributed by atoms with Gasteiger partial charge in [-0.15, -0.1) is 23.5 Å². The Morgan fingerprint density at radius 1 is 0.789 bits per heavy atom. The Balaban J connectivity index is 2.35. The number of benzene rings is 2. The molecule has 0 aliphatic heterocycles. The zero-order valence-electron chi connectivity index (χ0n) is 10.9. The van der Waals surface area contributed by atoms with E-state index in [-0.39, 0.29) is 0 Å². The van der Waals surface area contributed by atoms with Gasteiger partial charge in [-0.05, 0) is 47.9 Å². The minimum atomic E-state index is 0.723. The predicted octanol–water partition coefficient (Wildman–Crippen LogP) is 4.80. The molecule has 0 radical (unpaired) electrons. The number of hydrogen-bond acceptors (Lipinski definition) is 2. The molecule has 2 aromatic carbocycles. The molecule has 0 heterocycles. The quantitative estimate of drug-likeness (QED) is 0.594. The van der Waals surface area contributed by atoms with Crippen molar-refractivity contribution in [1.82, 2.24) is 0 Å². The molecule has 0 unspecified atom stereocenters. The molecule has 3 heteroatoms. The Morgan fingerprint density at radius 3 is 1.42 bits per heavy atom. The molecule has 96 valence electrons. The lowest BCUT2D eigenvalue weighted by Gasteiger charge is -2.09. The molecular formula is C16H14NS2-. The van der Waals surface area contributed by atoms with Gasteiger partial charge in [0.2, 0.25) is 0 Å². The third-order valence-electron chi connectivity index (χ3n) is 2.87. The summed E-state index contributed by atoms with van der Waals surface area (Å²) >= 11 is 3.41. The molecule has 0 saturated heterocycles. The van der Waals surface area contributed by atoms with Crippen LogP contribution >= 0.6 is 23.5 Å². The standard InChI is InChI=1S/C16H14NS2/c1-18-14-7-3-12(4-8-14)16(11-17)13-5-9-15(19-2)10-6-13/h3-10H,1-2H3/q-1. The summed E-state index contributed by atoms with van der Waals surface area (Å²) in [5.74, 6) is 2.31. The lowest BCUT2D eigenvalue weighted by Crippen LogP contribution is -1.88. The van der Waals surface area contributed by atoms with E-state index in [0.717, 1.165) is 16.7 Å². The second kappa shape index (κ2) is 6.67. The number of hydrogen-bond donors (Lipinski definition) is 0. The fourth-order valence-corrected chi connectivity index (χ4v) is 2.63. The van der Waals surface area contributed by atoms with Gasteiger partial charge in [0.25, 0.3) is 0 Å². The molecule has 0 atom stereocenters. The fraction of sp³-hybridized carbons (Fsp3) is 0.125. The van der Waals surface area contributed by atoms with Crippen molar-refractivity contribution in [2.45, 2.75) is 9.79 Å². The predicted molar refractivity (Wildman–Crippen MR) is 87.3 cm³/mol. The van der Waals surface area contributed by atoms with E-state index < -0.39 is 0 Å². The van der Waals surface area contributed by atoms with Crippen LogP contribution in [0.5, 0.6) is 0 Å². The van der Waals surface area contributed by atoms with Crippen molar-refractivity contribution < 1.29 is 0 Å². The molecule has 0 amide bonds. The second-order valence-electron chi connectivity index (χ2n) is 3.94. The summed E-state index contributed by atoms with van der Waals surface area (Å²) < 4.78 is 0. The molecule has 0 N–H and O–H groups in total. The van der Waals surface area contributed by atoms with E-state index in [1.165, 1.54) is 9.79 Å². The Kier molecular flexibility index (Phi) is 4.92. The van der Waals surface area contributed by atoms with Crippen molar-refractivity contribution in [3.8, 4) is 0 Å². The Labute approximate surface area is 122 Å². The van der Waals surface area contributed by atoms with Gasteiger partial charge in [-0.1, -0.05) is 24.3 Å². The minimum absolute atomic E-state index is 0.723. The van der Waals surface area contributed by atoms with Gasteiger partial charge in [-0.3, -0.25) is 5.87 Å². The summed E-state index contributed by atoms with van der Waals surface area (Å²) in [5.41, 5.74) is 2.66. The highest BCUT2D eigenvalue weighted by atomic mass is 32.2. The SMILES string of the molecule is CSc1ccc(C(=C=[N-])c2ccc(SC)cc2)cc1. The van der Waals surface area contributed by atoms with E-state index in [9.17, 15) is 5.41 Å². The van der Waals surface area contributed by atoms with Gasteiger partial charge < -0.3 is 5.41 Å². The second-order valence-corrected chi connectivity index (χ2v) is 5.70. The molecule has 1 nitrogen and oxygen atoms in total. The zero-order chi connectivity index (χ0) is 13.7. The molecule has 0 fully saturated rings. The molecule has 0 saturated carbocycles. The number of thioether (sulfide) groups is 2. The maximum Gasteiger partial charge on any atom is 0.00739 e. The van der Waals surface area contributed by atoms with Crippen molar-refractivity contribution in [2.24, 2.45) is 0 Å². The maximum absolute atomic E-state index is 9.39. The third-order valence-corrected chi connectivity index (χ3v) is 4.36. The highest BCUT2D eigenvalue weighted by Crippen LogP contribution is 2.25. The Bertz CT molecular complexity index is 544. The fourth-order valence-electron chi connectivity index (χ4n) is 1.81. The largest absolute Gasteiger partial charge is 0.763 e. The first-order valence-corrected chi connectivity index (χ1v) is 8.29. The molecule has 0 aromatic heterocycles. The van der Waals surface area contributed by atoms with Crippen LogP contribution < -0.4 is 0 Å². The van der Waals surface area contributed by atoms with Crippen molar-refractivity contribution in [3.05, 3.63) is 65.1 Å². The van der Waals surface area contributed by atoms with E-state index in [0.29, 0.717) is 0 Å². The summed E-state index contributed by atoms with van der Waals surface area (Å²) in [6.07, 6.45) is 4.09. The van der Waals surface area contributed by atoms with E-state index in [2.05, 4.69) is 5.87 Å². The van der Waals surface area contributed by atoms with Crippen LogP contribution in [0.2, 0.25) is 0 Å². The highest BCUT2D eigenvalue weighted by Gasteiger charge is 2.03. The topological polar surface area (TPSA) is 22.3 Å². The summed E-state index contributed by atoms with van der Waals surface area (Å²) in [5, 5.41) is 9.39. The molecule has 0 aliphatic carbocycles. The average Bonchev–Trinajstić information content (AvgIpc) is 2.49. The van der Waals surface area contributed by atoms with Crippen LogP contribution in [0.3, 0.4) is 0 Å². The molecule has 0 spiro atoms. The van der Waals surface area contributed by atoms with Crippen LogP contribution in [0.25, 0.3) is 11.0 Å². The summed E-state index contributed by atoms with van der Waals surface area (Å²) in [4.78, 5) is 2.41. The minimum Gasteiger partial charge on any atom is -0.763 e. The first-order valence-electron chi connectivity index (χ1n) is 5.84. The summed E-state index contributed by atoms with van der Waals surface area (Å²) in [6, 6.07) is 16.2. The Hall–Kier alpha value is -1.41. The van der Waals surface area contributed by atoms with Gasteiger partial charge in [0.05, 0.1) is 0 Å². The van der Waals surface area contributed by atoms with Gasteiger partial charge in [0.15, 0.2) is 0 Å². The molecular weight excluding hydrogens is 270 g/mol. The van der Waals surface area contributed by atoms with Crippen LogP contribution in [-0.2, 0) is 0 Å². The lowest BCUT2D eigenvalue weighted by molar-refractivity contribution is 1.42. The van der Waals surface area contributed by atoms with Gasteiger partial charge in [-0.2, -0.15) is 0 Å². The number of rotatable bonds is 4. The maximum atomic E-state index is 9.39. The average molecular weight is 284 g/mol. The lowest BCUT2D eigenvalue weighted by atomic mass is 9.99. The third kappa shape index (κ3) is 3.32. The van der Waals surface area contributed by atoms with Crippen molar-refractivity contribution in [1.29, 1.82) is 0 Å². The smallest absolute Gasteiger partial charge is 0.00739 e. The van der Waals surface area contributed by atoms with Crippen molar-refractivity contribution in [2.75, 3.05) is 12.5 Å². The van der Waals surface area contributed by atoms with Crippen molar-refractivity contribution in [3.63, 3.8) is 0 Å². The highest BCUT2D eigenvalue weighted by molar-refractivity contribution is 7.98. The van der Waals surface area contributed by atoms with Crippen LogP contribution in [-0.4, -0.2) is 18.4 Å². The molecule has 19 heavy (non-hydrogen) atoms. The first-order chi connectivity index (χ1) is 9.28. The van der Waals surface area contributed by atoms with Gasteiger partial charge in [-0.25, -0.2) is 0 Å². The van der Waals surface area contributed by atoms with Crippen LogP contribution in [0.1, 0.15) is 11.1 Å². The normalized spacial score (nSPS) is 10.0. The monoisotopic (exact) mass is 284 g/mol. The summed E-state index contributed by atoms with van der Waals surface area (Å²) in [7, 11) is 0. The summed E-state index contributed by atoms with van der Waals surface area (Å²) in [6.45, 7) is 0. The van der Waals surface area contributed by atoms with Gasteiger partial charge in [0.1, 0.15) is 0 Å². The van der Waals surface area contributed by atoms with E-state index >= 15 is 0 Å². The Morgan fingerprint density at radius 2 is 1.16 bits per heavy atom. The molecule has 2 aromatic rings. The number of nitrogens with zero attached hydrogens (tertiary/aromatic N) is 1. The van der Waals surface area contributed by atoms with E-state index in [1.54, 1.807) is 23.5 Å².